The van der Waals surface area contributed by atoms with Gasteiger partial charge in [0.2, 0.25) is 5.91 Å². The summed E-state index contributed by atoms with van der Waals surface area (Å²) in [5.41, 5.74) is 1.71. The maximum Gasteiger partial charge on any atom is 0.228 e. The molecule has 2 N–H and O–H groups in total. The Hall–Kier alpha value is -2.01. The molecule has 0 fully saturated rings. The monoisotopic (exact) mass is 273 g/mol. The van der Waals surface area contributed by atoms with Crippen LogP contribution in [0.2, 0.25) is 0 Å². The third kappa shape index (κ3) is 3.26. The summed E-state index contributed by atoms with van der Waals surface area (Å²) in [5.74, 6) is -0.204. The number of nitrogens with zero attached hydrogens (tertiary/aromatic N) is 1. The highest BCUT2D eigenvalue weighted by Gasteiger charge is 2.09. The van der Waals surface area contributed by atoms with Crippen molar-refractivity contribution < 1.29 is 4.79 Å². The van der Waals surface area contributed by atoms with Crippen molar-refractivity contribution in [2.75, 3.05) is 5.32 Å². The van der Waals surface area contributed by atoms with E-state index in [2.05, 4.69) is 15.6 Å². The van der Waals surface area contributed by atoms with Crippen LogP contribution in [0.4, 0.5) is 5.69 Å². The van der Waals surface area contributed by atoms with Crippen LogP contribution in [0.3, 0.4) is 0 Å². The van der Waals surface area contributed by atoms with Gasteiger partial charge in [-0.15, -0.1) is 0 Å². The number of pyridine rings is 1. The molecular weight excluding hydrogens is 258 g/mol. The van der Waals surface area contributed by atoms with Crippen LogP contribution in [-0.4, -0.2) is 16.0 Å². The lowest BCUT2D eigenvalue weighted by atomic mass is 10.2. The Labute approximate surface area is 117 Å². The molecule has 0 saturated carbocycles. The quantitative estimate of drug-likeness (QED) is 0.826. The summed E-state index contributed by atoms with van der Waals surface area (Å²) in [7, 11) is 0. The number of amides is 1. The minimum absolute atomic E-state index is 0.101. The third-order valence-electron chi connectivity index (χ3n) is 2.65. The number of fused-ring (bicyclic) bond motifs is 1. The van der Waals surface area contributed by atoms with Crippen molar-refractivity contribution in [1.82, 2.24) is 10.3 Å². The van der Waals surface area contributed by atoms with E-state index in [1.807, 2.05) is 44.2 Å². The second kappa shape index (κ2) is 5.75. The molecule has 4 nitrogen and oxygen atoms in total. The number of benzene rings is 1. The largest absolute Gasteiger partial charge is 0.332 e. The Morgan fingerprint density at radius 1 is 1.26 bits per heavy atom. The molecule has 0 atom stereocenters. The van der Waals surface area contributed by atoms with Gasteiger partial charge in [-0.25, -0.2) is 0 Å². The summed E-state index contributed by atoms with van der Waals surface area (Å²) in [5, 5.41) is 6.95. The summed E-state index contributed by atoms with van der Waals surface area (Å²) in [6, 6.07) is 9.54. The van der Waals surface area contributed by atoms with E-state index in [1.54, 1.807) is 6.20 Å². The molecule has 0 aliphatic heterocycles. The van der Waals surface area contributed by atoms with Crippen LogP contribution in [0.15, 0.2) is 36.5 Å². The Morgan fingerprint density at radius 2 is 2.05 bits per heavy atom. The summed E-state index contributed by atoms with van der Waals surface area (Å²) in [6.45, 7) is 3.64. The second-order valence-electron chi connectivity index (χ2n) is 4.47. The molecule has 2 rings (SSSR count). The van der Waals surface area contributed by atoms with Crippen LogP contribution in [0.5, 0.6) is 0 Å². The average molecular weight is 273 g/mol. The predicted molar refractivity (Wildman–Crippen MR) is 80.9 cm³/mol. The van der Waals surface area contributed by atoms with Gasteiger partial charge in [0.15, 0.2) is 5.11 Å². The van der Waals surface area contributed by atoms with E-state index in [9.17, 15) is 4.79 Å². The first kappa shape index (κ1) is 13.4. The van der Waals surface area contributed by atoms with Crippen LogP contribution in [0.25, 0.3) is 10.9 Å². The number of nitrogens with one attached hydrogen (secondary N) is 2. The van der Waals surface area contributed by atoms with E-state index in [1.165, 1.54) is 0 Å². The van der Waals surface area contributed by atoms with Crippen molar-refractivity contribution >= 4 is 39.8 Å². The fourth-order valence-electron chi connectivity index (χ4n) is 1.62. The van der Waals surface area contributed by atoms with Crippen LogP contribution >= 0.6 is 12.2 Å². The van der Waals surface area contributed by atoms with Crippen molar-refractivity contribution in [2.24, 2.45) is 5.92 Å². The molecule has 2 aromatic rings. The highest BCUT2D eigenvalue weighted by molar-refractivity contribution is 7.80. The second-order valence-corrected chi connectivity index (χ2v) is 4.88. The SMILES string of the molecule is CC(C)C(=O)NC(=S)Nc1cccc2ncccc12. The molecule has 0 radical (unpaired) electrons. The molecule has 1 heterocycles. The zero-order valence-corrected chi connectivity index (χ0v) is 11.6. The summed E-state index contributed by atoms with van der Waals surface area (Å²) >= 11 is 5.13. The minimum atomic E-state index is -0.103. The molecule has 0 aliphatic carbocycles. The molecular formula is C14H15N3OS. The van der Waals surface area contributed by atoms with Crippen molar-refractivity contribution in [2.45, 2.75) is 13.8 Å². The van der Waals surface area contributed by atoms with Gasteiger partial charge in [0.05, 0.1) is 5.52 Å². The molecule has 1 aromatic heterocycles. The van der Waals surface area contributed by atoms with Gasteiger partial charge in [-0.2, -0.15) is 0 Å². The smallest absolute Gasteiger partial charge is 0.228 e. The van der Waals surface area contributed by atoms with Gasteiger partial charge in [-0.05, 0) is 36.5 Å². The van der Waals surface area contributed by atoms with Crippen molar-refractivity contribution in [3.05, 3.63) is 36.5 Å². The van der Waals surface area contributed by atoms with Gasteiger partial charge in [0, 0.05) is 23.2 Å². The third-order valence-corrected chi connectivity index (χ3v) is 2.86. The van der Waals surface area contributed by atoms with Crippen molar-refractivity contribution in [3.63, 3.8) is 0 Å². The van der Waals surface area contributed by atoms with E-state index in [4.69, 9.17) is 12.2 Å². The van der Waals surface area contributed by atoms with Crippen LogP contribution in [-0.2, 0) is 4.79 Å². The van der Waals surface area contributed by atoms with Gasteiger partial charge < -0.3 is 10.6 Å². The number of hydrogen-bond donors (Lipinski definition) is 2. The number of aromatic nitrogens is 1. The van der Waals surface area contributed by atoms with E-state index < -0.39 is 0 Å². The molecule has 19 heavy (non-hydrogen) atoms. The minimum Gasteiger partial charge on any atom is -0.332 e. The summed E-state index contributed by atoms with van der Waals surface area (Å²) in [6.07, 6.45) is 1.74. The molecule has 98 valence electrons. The standard InChI is InChI=1S/C14H15N3OS/c1-9(2)13(18)17-14(19)16-12-7-3-6-11-10(12)5-4-8-15-11/h3-9H,1-2H3,(H2,16,17,18,19). The molecule has 0 unspecified atom stereocenters. The molecule has 0 saturated heterocycles. The van der Waals surface area contributed by atoms with Crippen LogP contribution in [0, 0.1) is 5.92 Å². The molecule has 1 amide bonds. The predicted octanol–water partition coefficient (Wildman–Crippen LogP) is 2.70. The Balaban J connectivity index is 2.18. The fraction of sp³-hybridized carbons (Fsp3) is 0.214. The maximum absolute atomic E-state index is 11.6. The molecule has 0 bridgehead atoms. The highest BCUT2D eigenvalue weighted by Crippen LogP contribution is 2.20. The molecule has 1 aromatic carbocycles. The van der Waals surface area contributed by atoms with Gasteiger partial charge >= 0.3 is 0 Å². The fourth-order valence-corrected chi connectivity index (χ4v) is 1.83. The molecule has 0 aliphatic rings. The first-order chi connectivity index (χ1) is 9.08. The van der Waals surface area contributed by atoms with Crippen molar-refractivity contribution in [1.29, 1.82) is 0 Å². The zero-order chi connectivity index (χ0) is 13.8. The highest BCUT2D eigenvalue weighted by atomic mass is 32.1. The van der Waals surface area contributed by atoms with Crippen LogP contribution in [0.1, 0.15) is 13.8 Å². The number of thiocarbonyl (C=S) groups is 1. The first-order valence-electron chi connectivity index (χ1n) is 6.03. The van der Waals surface area contributed by atoms with Crippen molar-refractivity contribution in [3.8, 4) is 0 Å². The maximum atomic E-state index is 11.6. The number of carbonyl (C=O) groups excluding carboxylic acids is 1. The van der Waals surface area contributed by atoms with Gasteiger partial charge in [0.25, 0.3) is 0 Å². The zero-order valence-electron chi connectivity index (χ0n) is 10.8. The molecule has 5 heteroatoms. The summed E-state index contributed by atoms with van der Waals surface area (Å²) in [4.78, 5) is 15.8. The number of hydrogen-bond acceptors (Lipinski definition) is 3. The van der Waals surface area contributed by atoms with Gasteiger partial charge in [-0.3, -0.25) is 9.78 Å². The lowest BCUT2D eigenvalue weighted by Crippen LogP contribution is -2.36. The van der Waals surface area contributed by atoms with E-state index in [0.29, 0.717) is 5.11 Å². The first-order valence-corrected chi connectivity index (χ1v) is 6.44. The lowest BCUT2D eigenvalue weighted by Gasteiger charge is -2.12. The number of carbonyl (C=O) groups is 1. The topological polar surface area (TPSA) is 54.0 Å². The number of rotatable bonds is 2. The van der Waals surface area contributed by atoms with Crippen LogP contribution < -0.4 is 10.6 Å². The van der Waals surface area contributed by atoms with E-state index in [-0.39, 0.29) is 11.8 Å². The van der Waals surface area contributed by atoms with Gasteiger partial charge in [0.1, 0.15) is 0 Å². The summed E-state index contributed by atoms with van der Waals surface area (Å²) < 4.78 is 0. The Morgan fingerprint density at radius 3 is 2.79 bits per heavy atom. The van der Waals surface area contributed by atoms with E-state index >= 15 is 0 Å². The van der Waals surface area contributed by atoms with E-state index in [0.717, 1.165) is 16.6 Å². The Kier molecular flexibility index (Phi) is 4.06. The molecule has 0 spiro atoms. The Bertz CT molecular complexity index is 620. The number of anilines is 1. The normalized spacial score (nSPS) is 10.5. The average Bonchev–Trinajstić information content (AvgIpc) is 2.39. The lowest BCUT2D eigenvalue weighted by molar-refractivity contribution is -0.122. The van der Waals surface area contributed by atoms with Gasteiger partial charge in [-0.1, -0.05) is 19.9 Å².